The van der Waals surface area contributed by atoms with E-state index in [1.165, 1.54) is 26.2 Å². The normalized spacial score (nSPS) is 24.1. The third kappa shape index (κ3) is 4.61. The number of fused-ring (bicyclic) bond motifs is 1. The largest absolute Gasteiger partial charge is 0.467 e. The molecular weight excluding hydrogens is 564 g/mol. The number of hydrogen-bond acceptors (Lipinski definition) is 9. The lowest BCUT2D eigenvalue weighted by atomic mass is 9.69. The zero-order chi connectivity index (χ0) is 31.0. The number of carbonyl (C=O) groups is 4. The number of rotatable bonds is 6. The summed E-state index contributed by atoms with van der Waals surface area (Å²) in [6.45, 7) is 0.365. The van der Waals surface area contributed by atoms with E-state index >= 15 is 0 Å². The Hall–Kier alpha value is -4.67. The molecule has 0 aromatic heterocycles. The van der Waals surface area contributed by atoms with Crippen molar-refractivity contribution in [1.29, 1.82) is 0 Å². The number of likely N-dealkylation sites (tertiary alicyclic amines) is 1. The predicted molar refractivity (Wildman–Crippen MR) is 161 cm³/mol. The number of ether oxygens (including phenoxy) is 3. The molecule has 1 aliphatic carbocycles. The Morgan fingerprint density at radius 1 is 0.886 bits per heavy atom. The third-order valence-corrected chi connectivity index (χ3v) is 9.28. The molecule has 3 atom stereocenters. The maximum Gasteiger partial charge on any atom is 0.357 e. The van der Waals surface area contributed by atoms with Gasteiger partial charge in [0.15, 0.2) is 5.70 Å². The first-order valence-corrected chi connectivity index (χ1v) is 14.9. The van der Waals surface area contributed by atoms with E-state index in [-0.39, 0.29) is 29.6 Å². The van der Waals surface area contributed by atoms with Crippen molar-refractivity contribution in [3.63, 3.8) is 0 Å². The van der Waals surface area contributed by atoms with Crippen molar-refractivity contribution in [3.05, 3.63) is 77.0 Å². The number of nitrogens with zero attached hydrogens (tertiary/aromatic N) is 3. The summed E-state index contributed by atoms with van der Waals surface area (Å²) in [5.41, 5.74) is 1.11. The van der Waals surface area contributed by atoms with Crippen LogP contribution in [0.1, 0.15) is 49.7 Å². The second kappa shape index (κ2) is 11.8. The van der Waals surface area contributed by atoms with Crippen molar-refractivity contribution in [1.82, 2.24) is 10.2 Å². The SMILES string of the molecule is COC(=O)C1=C(C(=O)OC)C2N(Cc3ccccc3)c3ccccc3[C@@]23CC(C(=O)OC)N(C(=O)NC2CCCCC2)C3=N1. The number of aliphatic imine (C=N–C) groups is 1. The van der Waals surface area contributed by atoms with Gasteiger partial charge < -0.3 is 24.4 Å². The molecule has 1 saturated heterocycles. The summed E-state index contributed by atoms with van der Waals surface area (Å²) in [6.07, 6.45) is 4.84. The van der Waals surface area contributed by atoms with Crippen LogP contribution in [0.25, 0.3) is 0 Å². The number of amides is 2. The highest BCUT2D eigenvalue weighted by Crippen LogP contribution is 2.58. The van der Waals surface area contributed by atoms with E-state index in [1.54, 1.807) is 0 Å². The summed E-state index contributed by atoms with van der Waals surface area (Å²) in [4.78, 5) is 62.8. The van der Waals surface area contributed by atoms with Crippen molar-refractivity contribution < 1.29 is 33.4 Å². The average molecular weight is 601 g/mol. The Balaban J connectivity index is 1.59. The number of benzene rings is 2. The van der Waals surface area contributed by atoms with E-state index in [4.69, 9.17) is 19.2 Å². The number of anilines is 1. The second-order valence-electron chi connectivity index (χ2n) is 11.6. The number of esters is 3. The highest BCUT2D eigenvalue weighted by molar-refractivity contribution is 6.17. The predicted octanol–water partition coefficient (Wildman–Crippen LogP) is 3.62. The molecule has 1 saturated carbocycles. The minimum Gasteiger partial charge on any atom is -0.467 e. The lowest BCUT2D eigenvalue weighted by Crippen LogP contribution is -2.57. The van der Waals surface area contributed by atoms with Crippen LogP contribution < -0.4 is 10.2 Å². The van der Waals surface area contributed by atoms with E-state index in [9.17, 15) is 19.2 Å². The highest BCUT2D eigenvalue weighted by atomic mass is 16.5. The van der Waals surface area contributed by atoms with Gasteiger partial charge in [-0.1, -0.05) is 67.8 Å². The first-order chi connectivity index (χ1) is 21.3. The molecule has 230 valence electrons. The minimum absolute atomic E-state index is 0.00776. The van der Waals surface area contributed by atoms with Crippen molar-refractivity contribution in [2.45, 2.75) is 68.6 Å². The molecule has 0 radical (unpaired) electrons. The van der Waals surface area contributed by atoms with Gasteiger partial charge in [-0.3, -0.25) is 4.90 Å². The van der Waals surface area contributed by atoms with Gasteiger partial charge in [-0.2, -0.15) is 0 Å². The molecule has 11 nitrogen and oxygen atoms in total. The van der Waals surface area contributed by atoms with E-state index < -0.39 is 41.4 Å². The van der Waals surface area contributed by atoms with Gasteiger partial charge in [0.25, 0.3) is 0 Å². The molecule has 0 bridgehead atoms. The molecule has 4 aliphatic rings. The van der Waals surface area contributed by atoms with Crippen molar-refractivity contribution >= 4 is 35.5 Å². The lowest BCUT2D eigenvalue weighted by Gasteiger charge is -2.40. The molecule has 3 heterocycles. The lowest BCUT2D eigenvalue weighted by molar-refractivity contribution is -0.144. The molecule has 2 aromatic carbocycles. The molecular formula is C33H36N4O7. The molecule has 1 spiro atoms. The Morgan fingerprint density at radius 2 is 1.57 bits per heavy atom. The summed E-state index contributed by atoms with van der Waals surface area (Å²) >= 11 is 0. The number of amidine groups is 1. The maximum absolute atomic E-state index is 14.2. The minimum atomic E-state index is -1.17. The molecule has 6 rings (SSSR count). The van der Waals surface area contributed by atoms with Gasteiger partial charge in [-0.05, 0) is 36.5 Å². The topological polar surface area (TPSA) is 127 Å². The van der Waals surface area contributed by atoms with Gasteiger partial charge in [-0.25, -0.2) is 24.2 Å². The molecule has 2 unspecified atom stereocenters. The fourth-order valence-electron chi connectivity index (χ4n) is 7.40. The number of hydrogen-bond donors (Lipinski definition) is 1. The van der Waals surface area contributed by atoms with Crippen LogP contribution in [0.15, 0.2) is 70.9 Å². The molecule has 3 aliphatic heterocycles. The molecule has 11 heteroatoms. The molecule has 2 aromatic rings. The number of para-hydroxylation sites is 1. The van der Waals surface area contributed by atoms with Crippen LogP contribution >= 0.6 is 0 Å². The monoisotopic (exact) mass is 600 g/mol. The third-order valence-electron chi connectivity index (χ3n) is 9.28. The van der Waals surface area contributed by atoms with Gasteiger partial charge in [0, 0.05) is 18.3 Å². The van der Waals surface area contributed by atoms with E-state index in [0.717, 1.165) is 48.9 Å². The molecule has 44 heavy (non-hydrogen) atoms. The van der Waals surface area contributed by atoms with Crippen molar-refractivity contribution in [2.24, 2.45) is 4.99 Å². The molecule has 2 amide bonds. The summed E-state index contributed by atoms with van der Waals surface area (Å²) in [6, 6.07) is 14.9. The second-order valence-corrected chi connectivity index (χ2v) is 11.6. The smallest absolute Gasteiger partial charge is 0.357 e. The zero-order valence-corrected chi connectivity index (χ0v) is 25.1. The van der Waals surface area contributed by atoms with Gasteiger partial charge >= 0.3 is 23.9 Å². The summed E-state index contributed by atoms with van der Waals surface area (Å²) in [7, 11) is 3.73. The summed E-state index contributed by atoms with van der Waals surface area (Å²) in [5.74, 6) is -2.02. The number of carbonyl (C=O) groups excluding carboxylic acids is 4. The van der Waals surface area contributed by atoms with Gasteiger partial charge in [0.05, 0.1) is 38.4 Å². The number of nitrogens with one attached hydrogen (secondary N) is 1. The van der Waals surface area contributed by atoms with Gasteiger partial charge in [-0.15, -0.1) is 0 Å². The van der Waals surface area contributed by atoms with Gasteiger partial charge in [0.2, 0.25) is 0 Å². The van der Waals surface area contributed by atoms with Crippen LogP contribution in [0.2, 0.25) is 0 Å². The fourth-order valence-corrected chi connectivity index (χ4v) is 7.40. The molecule has 2 fully saturated rings. The van der Waals surface area contributed by atoms with Crippen molar-refractivity contribution in [2.75, 3.05) is 26.2 Å². The van der Waals surface area contributed by atoms with E-state index in [2.05, 4.69) is 5.32 Å². The fraction of sp³-hybridized carbons (Fsp3) is 0.424. The maximum atomic E-state index is 14.2. The Bertz CT molecular complexity index is 1550. The Morgan fingerprint density at radius 3 is 2.25 bits per heavy atom. The van der Waals surface area contributed by atoms with Crippen LogP contribution in [0.4, 0.5) is 10.5 Å². The Kier molecular flexibility index (Phi) is 7.87. The van der Waals surface area contributed by atoms with Crippen LogP contribution in [0, 0.1) is 0 Å². The number of urea groups is 1. The van der Waals surface area contributed by atoms with Gasteiger partial charge in [0.1, 0.15) is 11.9 Å². The first-order valence-electron chi connectivity index (χ1n) is 14.9. The Labute approximate surface area is 255 Å². The van der Waals surface area contributed by atoms with Crippen LogP contribution in [-0.4, -0.2) is 74.1 Å². The highest BCUT2D eigenvalue weighted by Gasteiger charge is 2.68. The van der Waals surface area contributed by atoms with Crippen LogP contribution in [-0.2, 0) is 40.6 Å². The summed E-state index contributed by atoms with van der Waals surface area (Å²) in [5, 5.41) is 3.12. The molecule has 1 N–H and O–H groups in total. The quantitative estimate of drug-likeness (QED) is 0.394. The standard InChI is InChI=1S/C33H36N4O7/c1-42-28(38)24-18-33-22-16-10-11-17-23(22)36(19-20-12-6-4-7-13-20)27(33)25(29(39)43-2)26(30(40)44-3)35-31(33)37(24)32(41)34-21-14-8-5-9-15-21/h4,6-7,10-13,16-17,21,24,27H,5,8-9,14-15,18-19H2,1-3H3,(H,34,41)/t24?,27?,33-/m0/s1. The van der Waals surface area contributed by atoms with Crippen molar-refractivity contribution in [3.8, 4) is 0 Å². The first kappa shape index (κ1) is 29.4. The van der Waals surface area contributed by atoms with Crippen LogP contribution in [0.5, 0.6) is 0 Å². The average Bonchev–Trinajstić information content (AvgIpc) is 3.55. The zero-order valence-electron chi connectivity index (χ0n) is 25.1. The summed E-state index contributed by atoms with van der Waals surface area (Å²) < 4.78 is 15.6. The van der Waals surface area contributed by atoms with E-state index in [0.29, 0.717) is 6.54 Å². The number of methoxy groups -OCH3 is 3. The van der Waals surface area contributed by atoms with E-state index in [1.807, 2.05) is 59.5 Å². The van der Waals surface area contributed by atoms with Crippen LogP contribution in [0.3, 0.4) is 0 Å².